The van der Waals surface area contributed by atoms with Gasteiger partial charge in [-0.3, -0.25) is 4.79 Å². The number of benzene rings is 2. The first-order valence-corrected chi connectivity index (χ1v) is 8.11. The molecule has 128 valence electrons. The molecule has 1 N–H and O–H groups in total. The first-order valence-electron chi connectivity index (χ1n) is 8.11. The number of nitrogens with one attached hydrogen (secondary N) is 1. The number of rotatable bonds is 7. The molecule has 3 rings (SSSR count). The highest BCUT2D eigenvalue weighted by Crippen LogP contribution is 2.14. The van der Waals surface area contributed by atoms with E-state index in [0.29, 0.717) is 12.3 Å². The van der Waals surface area contributed by atoms with Gasteiger partial charge in [0.05, 0.1) is 5.69 Å². The van der Waals surface area contributed by atoms with Crippen LogP contribution in [0.25, 0.3) is 5.69 Å². The molecular formula is C19H20N4O2. The molecule has 0 saturated carbocycles. The summed E-state index contributed by atoms with van der Waals surface area (Å²) in [6.45, 7) is 2.66. The Bertz CT molecular complexity index is 814. The Morgan fingerprint density at radius 3 is 2.68 bits per heavy atom. The largest absolute Gasteiger partial charge is 0.484 e. The molecule has 0 atom stereocenters. The molecule has 0 spiro atoms. The van der Waals surface area contributed by atoms with E-state index in [2.05, 4.69) is 34.5 Å². The van der Waals surface area contributed by atoms with Crippen LogP contribution in [-0.2, 0) is 11.2 Å². The van der Waals surface area contributed by atoms with Gasteiger partial charge in [0.25, 0.3) is 5.91 Å². The smallest absolute Gasteiger partial charge is 0.257 e. The third kappa shape index (κ3) is 4.67. The Hall–Kier alpha value is -3.15. The summed E-state index contributed by atoms with van der Waals surface area (Å²) < 4.78 is 7.16. The van der Waals surface area contributed by atoms with Gasteiger partial charge in [-0.15, -0.1) is 0 Å². The van der Waals surface area contributed by atoms with E-state index in [1.54, 1.807) is 23.1 Å². The van der Waals surface area contributed by atoms with Crippen LogP contribution in [0.5, 0.6) is 5.75 Å². The maximum absolute atomic E-state index is 11.9. The molecule has 0 bridgehead atoms. The van der Waals surface area contributed by atoms with Crippen LogP contribution in [0, 0.1) is 6.92 Å². The number of carbonyl (C=O) groups excluding carboxylic acids is 1. The zero-order valence-electron chi connectivity index (χ0n) is 14.1. The second-order valence-electron chi connectivity index (χ2n) is 5.65. The minimum Gasteiger partial charge on any atom is -0.484 e. The van der Waals surface area contributed by atoms with E-state index in [9.17, 15) is 4.79 Å². The summed E-state index contributed by atoms with van der Waals surface area (Å²) in [5.41, 5.74) is 3.36. The fraction of sp³-hybridized carbons (Fsp3) is 0.211. The van der Waals surface area contributed by atoms with E-state index >= 15 is 0 Å². The number of ether oxygens (including phenoxy) is 1. The van der Waals surface area contributed by atoms with Crippen molar-refractivity contribution in [3.05, 3.63) is 72.3 Å². The zero-order chi connectivity index (χ0) is 17.5. The number of amides is 1. The lowest BCUT2D eigenvalue weighted by Gasteiger charge is -2.09. The quantitative estimate of drug-likeness (QED) is 0.719. The summed E-state index contributed by atoms with van der Waals surface area (Å²) in [4.78, 5) is 15.8. The van der Waals surface area contributed by atoms with Gasteiger partial charge in [0.15, 0.2) is 6.61 Å². The van der Waals surface area contributed by atoms with Crippen molar-refractivity contribution in [2.24, 2.45) is 0 Å². The summed E-state index contributed by atoms with van der Waals surface area (Å²) in [5, 5.41) is 6.93. The summed E-state index contributed by atoms with van der Waals surface area (Å²) >= 11 is 0. The number of hydrogen-bond donors (Lipinski definition) is 1. The topological polar surface area (TPSA) is 69.0 Å². The third-order valence-electron chi connectivity index (χ3n) is 3.87. The van der Waals surface area contributed by atoms with Crippen molar-refractivity contribution in [1.82, 2.24) is 20.1 Å². The molecule has 0 aliphatic rings. The Kier molecular flexibility index (Phi) is 5.41. The van der Waals surface area contributed by atoms with Crippen molar-refractivity contribution in [3.63, 3.8) is 0 Å². The molecule has 6 heteroatoms. The summed E-state index contributed by atoms with van der Waals surface area (Å²) in [5.74, 6) is 0.506. The number of carbonyl (C=O) groups is 1. The van der Waals surface area contributed by atoms with Gasteiger partial charge >= 0.3 is 0 Å². The van der Waals surface area contributed by atoms with Gasteiger partial charge in [-0.2, -0.15) is 5.10 Å². The van der Waals surface area contributed by atoms with Gasteiger partial charge in [-0.25, -0.2) is 9.67 Å². The molecule has 0 saturated heterocycles. The maximum atomic E-state index is 11.9. The van der Waals surface area contributed by atoms with E-state index in [-0.39, 0.29) is 12.5 Å². The predicted octanol–water partition coefficient (Wildman–Crippen LogP) is 2.31. The van der Waals surface area contributed by atoms with Gasteiger partial charge in [0.1, 0.15) is 18.4 Å². The van der Waals surface area contributed by atoms with Crippen molar-refractivity contribution < 1.29 is 9.53 Å². The van der Waals surface area contributed by atoms with Gasteiger partial charge in [-0.05, 0) is 48.7 Å². The van der Waals surface area contributed by atoms with Crippen LogP contribution < -0.4 is 10.1 Å². The van der Waals surface area contributed by atoms with E-state index in [1.807, 2.05) is 24.3 Å². The summed E-state index contributed by atoms with van der Waals surface area (Å²) in [6, 6.07) is 15.5. The molecule has 0 radical (unpaired) electrons. The average Bonchev–Trinajstić information content (AvgIpc) is 3.17. The number of hydrogen-bond acceptors (Lipinski definition) is 4. The lowest BCUT2D eigenvalue weighted by atomic mass is 10.1. The molecule has 1 aromatic heterocycles. The third-order valence-corrected chi connectivity index (χ3v) is 3.87. The van der Waals surface area contributed by atoms with Crippen LogP contribution >= 0.6 is 0 Å². The first kappa shape index (κ1) is 16.7. The van der Waals surface area contributed by atoms with Gasteiger partial charge in [-0.1, -0.05) is 24.3 Å². The molecular weight excluding hydrogens is 316 g/mol. The maximum Gasteiger partial charge on any atom is 0.257 e. The Morgan fingerprint density at radius 2 is 1.96 bits per heavy atom. The van der Waals surface area contributed by atoms with E-state index < -0.39 is 0 Å². The van der Waals surface area contributed by atoms with Crippen molar-refractivity contribution in [2.45, 2.75) is 13.3 Å². The highest BCUT2D eigenvalue weighted by molar-refractivity contribution is 5.77. The van der Waals surface area contributed by atoms with Crippen LogP contribution in [-0.4, -0.2) is 33.8 Å². The molecule has 0 aliphatic carbocycles. The predicted molar refractivity (Wildman–Crippen MR) is 94.7 cm³/mol. The monoisotopic (exact) mass is 336 g/mol. The molecule has 0 unspecified atom stereocenters. The molecule has 6 nitrogen and oxygen atoms in total. The highest BCUT2D eigenvalue weighted by atomic mass is 16.5. The van der Waals surface area contributed by atoms with Gasteiger partial charge in [0, 0.05) is 6.54 Å². The van der Waals surface area contributed by atoms with E-state index in [0.717, 1.165) is 12.1 Å². The molecule has 2 aromatic carbocycles. The normalized spacial score (nSPS) is 10.4. The van der Waals surface area contributed by atoms with Crippen molar-refractivity contribution in [2.75, 3.05) is 13.2 Å². The molecule has 1 amide bonds. The van der Waals surface area contributed by atoms with Crippen LogP contribution in [0.4, 0.5) is 0 Å². The zero-order valence-corrected chi connectivity index (χ0v) is 14.1. The Labute approximate surface area is 146 Å². The molecule has 0 fully saturated rings. The van der Waals surface area contributed by atoms with Crippen molar-refractivity contribution in [1.29, 1.82) is 0 Å². The summed E-state index contributed by atoms with van der Waals surface area (Å²) in [7, 11) is 0. The van der Waals surface area contributed by atoms with Crippen molar-refractivity contribution in [3.8, 4) is 11.4 Å². The number of aryl methyl sites for hydroxylation is 1. The van der Waals surface area contributed by atoms with Crippen LogP contribution in [0.15, 0.2) is 61.2 Å². The van der Waals surface area contributed by atoms with E-state index in [1.165, 1.54) is 17.5 Å². The van der Waals surface area contributed by atoms with Crippen molar-refractivity contribution >= 4 is 5.91 Å². The second-order valence-corrected chi connectivity index (χ2v) is 5.65. The standard InChI is InChI=1S/C19H20N4O2/c1-15-4-2-3-5-16(15)10-11-21-19(24)12-25-18-8-6-17(7-9-18)23-14-20-13-22-23/h2-9,13-14H,10-12H2,1H3,(H,21,24). The molecule has 25 heavy (non-hydrogen) atoms. The van der Waals surface area contributed by atoms with Crippen LogP contribution in [0.2, 0.25) is 0 Å². The molecule has 1 heterocycles. The molecule has 3 aromatic rings. The first-order chi connectivity index (χ1) is 12.2. The average molecular weight is 336 g/mol. The number of nitrogens with zero attached hydrogens (tertiary/aromatic N) is 3. The van der Waals surface area contributed by atoms with Crippen LogP contribution in [0.3, 0.4) is 0 Å². The summed E-state index contributed by atoms with van der Waals surface area (Å²) in [6.07, 6.45) is 3.91. The second kappa shape index (κ2) is 8.10. The fourth-order valence-corrected chi connectivity index (χ4v) is 2.46. The number of aromatic nitrogens is 3. The lowest BCUT2D eigenvalue weighted by Crippen LogP contribution is -2.30. The SMILES string of the molecule is Cc1ccccc1CCNC(=O)COc1ccc(-n2cncn2)cc1. The Balaban J connectivity index is 1.42. The Morgan fingerprint density at radius 1 is 1.16 bits per heavy atom. The van der Waals surface area contributed by atoms with Gasteiger partial charge in [0.2, 0.25) is 0 Å². The highest BCUT2D eigenvalue weighted by Gasteiger charge is 2.04. The van der Waals surface area contributed by atoms with Gasteiger partial charge < -0.3 is 10.1 Å². The van der Waals surface area contributed by atoms with Crippen LogP contribution in [0.1, 0.15) is 11.1 Å². The minimum atomic E-state index is -0.131. The minimum absolute atomic E-state index is 0.00353. The van der Waals surface area contributed by atoms with E-state index in [4.69, 9.17) is 4.74 Å². The fourth-order valence-electron chi connectivity index (χ4n) is 2.46. The lowest BCUT2D eigenvalue weighted by molar-refractivity contribution is -0.123. The molecule has 0 aliphatic heterocycles.